The van der Waals surface area contributed by atoms with Crippen LogP contribution in [0.25, 0.3) is 32.7 Å². The average molecular weight is 772 g/mol. The number of fused-ring (bicyclic) bond motifs is 13. The Labute approximate surface area is 346 Å². The summed E-state index contributed by atoms with van der Waals surface area (Å²) in [6, 6.07) is 73.5. The minimum atomic E-state index is -1.56. The lowest BCUT2D eigenvalue weighted by Crippen LogP contribution is -2.37. The molecule has 0 atom stereocenters. The topological polar surface area (TPSA) is 30.3 Å². The summed E-state index contributed by atoms with van der Waals surface area (Å²) in [5.74, 6) is 0. The summed E-state index contributed by atoms with van der Waals surface area (Å²) in [6.07, 6.45) is 0. The fourth-order valence-corrected chi connectivity index (χ4v) is 11.2. The zero-order valence-electron chi connectivity index (χ0n) is 33.3. The molecule has 3 nitrogen and oxygen atoms in total. The van der Waals surface area contributed by atoms with Crippen LogP contribution in [0.5, 0.6) is 0 Å². The van der Waals surface area contributed by atoms with Gasteiger partial charge in [0, 0.05) is 22.4 Å². The summed E-state index contributed by atoms with van der Waals surface area (Å²) >= 11 is 0. The van der Waals surface area contributed by atoms with Crippen molar-refractivity contribution in [2.75, 3.05) is 9.80 Å². The van der Waals surface area contributed by atoms with Gasteiger partial charge in [-0.05, 0) is 116 Å². The molecule has 4 heteroatoms. The Morgan fingerprint density at radius 3 is 1.68 bits per heavy atom. The third kappa shape index (κ3) is 5.12. The van der Waals surface area contributed by atoms with Crippen molar-refractivity contribution in [1.29, 1.82) is 5.26 Å². The van der Waals surface area contributed by atoms with Crippen LogP contribution in [0, 0.1) is 11.3 Å². The first-order chi connectivity index (χ1) is 28.9. The molecule has 1 heterocycles. The highest BCUT2D eigenvalue weighted by atomic mass is 28.3. The second-order valence-corrected chi connectivity index (χ2v) is 21.9. The van der Waals surface area contributed by atoms with Crippen LogP contribution < -0.4 is 15.0 Å². The molecule has 1 spiro atoms. The van der Waals surface area contributed by atoms with E-state index in [1.54, 1.807) is 0 Å². The lowest BCUT2D eigenvalue weighted by molar-refractivity contribution is 0.753. The first kappa shape index (κ1) is 35.0. The van der Waals surface area contributed by atoms with Crippen LogP contribution in [0.3, 0.4) is 0 Å². The van der Waals surface area contributed by atoms with E-state index in [1.165, 1.54) is 71.5 Å². The average Bonchev–Trinajstić information content (AvgIpc) is 3.58. The molecule has 0 amide bonds. The number of anilines is 6. The predicted molar refractivity (Wildman–Crippen MR) is 249 cm³/mol. The molecule has 9 aromatic rings. The highest BCUT2D eigenvalue weighted by Crippen LogP contribution is 2.66. The number of hydrogen-bond acceptors (Lipinski definition) is 3. The van der Waals surface area contributed by atoms with Gasteiger partial charge in [0.15, 0.2) is 0 Å². The lowest BCUT2D eigenvalue weighted by atomic mass is 9.64. The van der Waals surface area contributed by atoms with Gasteiger partial charge in [0.2, 0.25) is 0 Å². The van der Waals surface area contributed by atoms with Crippen LogP contribution in [0.1, 0.15) is 27.8 Å². The van der Waals surface area contributed by atoms with Crippen LogP contribution in [0.4, 0.5) is 34.1 Å². The van der Waals surface area contributed by atoms with E-state index < -0.39 is 13.5 Å². The SMILES string of the molecule is C[Si](C)(C)c1ccc(N(c2ccc(C#N)cc2)c2cc3c(c4ccccc24)-c2c(ccc4ccccc24)C32c3ccccc3N(c3ccccc3)c3ccccc32)cc1. The van der Waals surface area contributed by atoms with Crippen molar-refractivity contribution in [3.63, 3.8) is 0 Å². The minimum Gasteiger partial charge on any atom is -0.310 e. The Morgan fingerprint density at radius 2 is 1.03 bits per heavy atom. The minimum absolute atomic E-state index is 0.640. The van der Waals surface area contributed by atoms with Gasteiger partial charge in [0.25, 0.3) is 0 Å². The third-order valence-corrected chi connectivity index (χ3v) is 14.7. The number of benzene rings is 9. The standard InChI is InChI=1S/C55H41N3Si/c1-59(2,3)42-32-30-41(31-33-42)57(40-28-25-37(36-56)26-29-40)52-35-49-54(45-20-10-9-19-44(45)52)53-43-18-8-7-15-38(43)27-34-48(53)55(49)46-21-11-13-23-50(46)58(39-16-5-4-6-17-39)51-24-14-12-22-47(51)55/h4-35H,1-3H3. The molecule has 0 radical (unpaired) electrons. The summed E-state index contributed by atoms with van der Waals surface area (Å²) in [5, 5.41) is 16.1. The Kier molecular flexibility index (Phi) is 7.82. The van der Waals surface area contributed by atoms with Crippen molar-refractivity contribution < 1.29 is 0 Å². The van der Waals surface area contributed by atoms with E-state index in [-0.39, 0.29) is 0 Å². The molecule has 0 unspecified atom stereocenters. The monoisotopic (exact) mass is 771 g/mol. The van der Waals surface area contributed by atoms with E-state index in [0.29, 0.717) is 5.56 Å². The highest BCUT2D eigenvalue weighted by Gasteiger charge is 2.53. The summed E-state index contributed by atoms with van der Waals surface area (Å²) in [5.41, 5.74) is 14.3. The van der Waals surface area contributed by atoms with Gasteiger partial charge in [0.05, 0.1) is 42.2 Å². The number of nitrogens with zero attached hydrogens (tertiary/aromatic N) is 3. The van der Waals surface area contributed by atoms with Crippen molar-refractivity contribution in [2.45, 2.75) is 25.1 Å². The van der Waals surface area contributed by atoms with Crippen LogP contribution in [0.15, 0.2) is 194 Å². The number of rotatable bonds is 5. The maximum atomic E-state index is 9.85. The van der Waals surface area contributed by atoms with Crippen LogP contribution in [-0.4, -0.2) is 8.07 Å². The molecule has 59 heavy (non-hydrogen) atoms. The molecule has 0 aromatic heterocycles. The summed E-state index contributed by atoms with van der Waals surface area (Å²) in [4.78, 5) is 4.85. The third-order valence-electron chi connectivity index (χ3n) is 12.6. The molecule has 2 aliphatic rings. The number of para-hydroxylation sites is 3. The van der Waals surface area contributed by atoms with Gasteiger partial charge in [-0.3, -0.25) is 0 Å². The number of nitriles is 1. The summed E-state index contributed by atoms with van der Waals surface area (Å²) in [6.45, 7) is 7.19. The van der Waals surface area contributed by atoms with Gasteiger partial charge in [-0.2, -0.15) is 5.26 Å². The number of hydrogen-bond donors (Lipinski definition) is 0. The van der Waals surface area contributed by atoms with Crippen molar-refractivity contribution in [3.8, 4) is 17.2 Å². The Morgan fingerprint density at radius 1 is 0.492 bits per heavy atom. The molecule has 0 bridgehead atoms. The fraction of sp³-hybridized carbons (Fsp3) is 0.0727. The molecule has 0 N–H and O–H groups in total. The van der Waals surface area contributed by atoms with E-state index in [4.69, 9.17) is 0 Å². The van der Waals surface area contributed by atoms with Gasteiger partial charge in [-0.25, -0.2) is 0 Å². The highest BCUT2D eigenvalue weighted by molar-refractivity contribution is 6.88. The maximum Gasteiger partial charge on any atom is 0.0991 e. The second kappa shape index (κ2) is 13.2. The molecule has 11 rings (SSSR count). The molecule has 0 saturated carbocycles. The molecule has 9 aromatic carbocycles. The van der Waals surface area contributed by atoms with E-state index in [9.17, 15) is 5.26 Å². The zero-order valence-corrected chi connectivity index (χ0v) is 34.3. The second-order valence-electron chi connectivity index (χ2n) is 16.8. The van der Waals surface area contributed by atoms with Crippen molar-refractivity contribution in [3.05, 3.63) is 222 Å². The lowest BCUT2D eigenvalue weighted by Gasteiger charge is -2.45. The van der Waals surface area contributed by atoms with Crippen LogP contribution >= 0.6 is 0 Å². The quantitative estimate of drug-likeness (QED) is 0.163. The molecule has 1 aliphatic carbocycles. The maximum absolute atomic E-state index is 9.85. The van der Waals surface area contributed by atoms with Gasteiger partial charge < -0.3 is 9.80 Å². The molecular formula is C55H41N3Si. The van der Waals surface area contributed by atoms with E-state index in [2.05, 4.69) is 218 Å². The van der Waals surface area contributed by atoms with Crippen molar-refractivity contribution >= 4 is 68.9 Å². The summed E-state index contributed by atoms with van der Waals surface area (Å²) in [7, 11) is -1.56. The smallest absolute Gasteiger partial charge is 0.0991 e. The normalized spacial score (nSPS) is 13.4. The first-order valence-electron chi connectivity index (χ1n) is 20.4. The Bertz CT molecular complexity index is 3110. The largest absolute Gasteiger partial charge is 0.310 e. The van der Waals surface area contributed by atoms with Crippen molar-refractivity contribution in [2.24, 2.45) is 0 Å². The predicted octanol–water partition coefficient (Wildman–Crippen LogP) is 14.0. The summed E-state index contributed by atoms with van der Waals surface area (Å²) < 4.78 is 0. The van der Waals surface area contributed by atoms with Gasteiger partial charge in [0.1, 0.15) is 0 Å². The van der Waals surface area contributed by atoms with E-state index in [0.717, 1.165) is 22.7 Å². The molecule has 0 saturated heterocycles. The fourth-order valence-electron chi connectivity index (χ4n) is 10.0. The Balaban J connectivity index is 1.30. The van der Waals surface area contributed by atoms with Gasteiger partial charge in [-0.15, -0.1) is 0 Å². The van der Waals surface area contributed by atoms with Gasteiger partial charge in [-0.1, -0.05) is 152 Å². The van der Waals surface area contributed by atoms with E-state index >= 15 is 0 Å². The zero-order chi connectivity index (χ0) is 39.9. The molecular weight excluding hydrogens is 731 g/mol. The van der Waals surface area contributed by atoms with Gasteiger partial charge >= 0.3 is 0 Å². The van der Waals surface area contributed by atoms with Crippen molar-refractivity contribution in [1.82, 2.24) is 0 Å². The molecule has 1 aliphatic heterocycles. The van der Waals surface area contributed by atoms with Crippen LogP contribution in [0.2, 0.25) is 19.6 Å². The molecule has 0 fully saturated rings. The first-order valence-corrected chi connectivity index (χ1v) is 23.9. The van der Waals surface area contributed by atoms with E-state index in [1.807, 2.05) is 12.1 Å². The van der Waals surface area contributed by atoms with Crippen LogP contribution in [-0.2, 0) is 5.41 Å². The molecule has 280 valence electrons. The Hall–Kier alpha value is -7.19.